The van der Waals surface area contributed by atoms with Gasteiger partial charge in [-0.2, -0.15) is 0 Å². The number of rotatable bonds is 11. The molecule has 23 heavy (non-hydrogen) atoms. The van der Waals surface area contributed by atoms with Crippen molar-refractivity contribution in [3.8, 4) is 0 Å². The minimum Gasteiger partial charge on any atom is -0.616 e. The highest BCUT2D eigenvalue weighted by Gasteiger charge is 2.13. The predicted molar refractivity (Wildman–Crippen MR) is 90.6 cm³/mol. The molecule has 0 spiro atoms. The zero-order valence-corrected chi connectivity index (χ0v) is 14.9. The first-order valence-electron chi connectivity index (χ1n) is 7.13. The summed E-state index contributed by atoms with van der Waals surface area (Å²) in [4.78, 5) is 10.5. The van der Waals surface area contributed by atoms with Crippen molar-refractivity contribution in [1.82, 2.24) is 4.72 Å². The summed E-state index contributed by atoms with van der Waals surface area (Å²) < 4.78 is 37.7. The number of hydrogen-bond donors (Lipinski definition) is 2. The van der Waals surface area contributed by atoms with Crippen LogP contribution in [0.1, 0.15) is 25.7 Å². The Labute approximate surface area is 144 Å². The number of carbonyl (C=O) groups is 1. The third kappa shape index (κ3) is 8.57. The summed E-state index contributed by atoms with van der Waals surface area (Å²) in [5, 5.41) is 8.95. The van der Waals surface area contributed by atoms with Crippen molar-refractivity contribution in [3.63, 3.8) is 0 Å². The normalized spacial score (nSPS) is 13.0. The van der Waals surface area contributed by atoms with E-state index in [4.69, 9.17) is 16.7 Å². The molecule has 1 aromatic carbocycles. The maximum Gasteiger partial charge on any atom is 0.353 e. The standard InChI is InChI=1S/C14H20ClNO5S2/c15-12-5-7-13(8-6-12)23(20,21)16-9-3-1-2-4-10-22(19)11-14(17)18/h5-8,16H,1-4,9-11H2,(H,17,18). The second-order valence-electron chi connectivity index (χ2n) is 4.95. The van der Waals surface area contributed by atoms with Crippen LogP contribution in [0.15, 0.2) is 29.2 Å². The minimum atomic E-state index is -3.52. The van der Waals surface area contributed by atoms with Gasteiger partial charge in [-0.25, -0.2) is 17.9 Å². The molecule has 0 aromatic heterocycles. The second kappa shape index (κ2) is 10.1. The molecule has 9 heteroatoms. The van der Waals surface area contributed by atoms with Crippen LogP contribution in [-0.4, -0.2) is 42.1 Å². The molecule has 2 N–H and O–H groups in total. The van der Waals surface area contributed by atoms with Crippen LogP contribution in [0.25, 0.3) is 0 Å². The van der Waals surface area contributed by atoms with E-state index in [0.29, 0.717) is 30.2 Å². The lowest BCUT2D eigenvalue weighted by molar-refractivity contribution is -0.134. The van der Waals surface area contributed by atoms with Gasteiger partial charge in [0.25, 0.3) is 0 Å². The number of carboxylic acids is 1. The summed E-state index contributed by atoms with van der Waals surface area (Å²) in [7, 11) is -3.52. The molecular formula is C14H20ClNO5S2. The number of carboxylic acid groups (broad SMARTS) is 1. The smallest absolute Gasteiger partial charge is 0.353 e. The fraction of sp³-hybridized carbons (Fsp3) is 0.500. The molecule has 0 saturated carbocycles. The van der Waals surface area contributed by atoms with Crippen LogP contribution in [0.4, 0.5) is 0 Å². The summed E-state index contributed by atoms with van der Waals surface area (Å²) in [5.41, 5.74) is 0. The van der Waals surface area contributed by atoms with E-state index in [1.807, 2.05) is 0 Å². The molecule has 1 aromatic rings. The van der Waals surface area contributed by atoms with Crippen molar-refractivity contribution >= 4 is 38.8 Å². The molecule has 0 heterocycles. The van der Waals surface area contributed by atoms with Crippen molar-refractivity contribution in [2.24, 2.45) is 0 Å². The highest BCUT2D eigenvalue weighted by atomic mass is 35.5. The number of hydrogen-bond acceptors (Lipinski definition) is 4. The van der Waals surface area contributed by atoms with Crippen LogP contribution in [0.5, 0.6) is 0 Å². The van der Waals surface area contributed by atoms with Gasteiger partial charge in [0.15, 0.2) is 0 Å². The average molecular weight is 382 g/mol. The molecule has 0 fully saturated rings. The molecule has 0 bridgehead atoms. The molecule has 0 saturated heterocycles. The number of sulfonamides is 1. The third-order valence-electron chi connectivity index (χ3n) is 3.00. The van der Waals surface area contributed by atoms with Gasteiger partial charge in [-0.15, -0.1) is 0 Å². The summed E-state index contributed by atoms with van der Waals surface area (Å²) in [6.45, 7) is 0.323. The SMILES string of the molecule is O=C(O)C[S+]([O-])CCCCCCNS(=O)(=O)c1ccc(Cl)cc1. The van der Waals surface area contributed by atoms with E-state index in [1.165, 1.54) is 24.3 Å². The van der Waals surface area contributed by atoms with Crippen LogP contribution in [-0.2, 0) is 26.0 Å². The maximum absolute atomic E-state index is 12.0. The van der Waals surface area contributed by atoms with Crippen LogP contribution < -0.4 is 4.72 Å². The van der Waals surface area contributed by atoms with E-state index in [2.05, 4.69) is 4.72 Å². The number of aliphatic carboxylic acids is 1. The molecule has 0 radical (unpaired) electrons. The summed E-state index contributed by atoms with van der Waals surface area (Å²) >= 11 is 4.40. The molecule has 0 aliphatic heterocycles. The highest BCUT2D eigenvalue weighted by molar-refractivity contribution is 7.92. The zero-order chi connectivity index (χ0) is 17.3. The minimum absolute atomic E-state index is 0.172. The molecule has 1 atom stereocenters. The van der Waals surface area contributed by atoms with Crippen molar-refractivity contribution in [3.05, 3.63) is 29.3 Å². The molecule has 130 valence electrons. The Kier molecular flexibility index (Phi) is 8.93. The van der Waals surface area contributed by atoms with Crippen molar-refractivity contribution in [2.45, 2.75) is 30.6 Å². The van der Waals surface area contributed by atoms with E-state index >= 15 is 0 Å². The lowest BCUT2D eigenvalue weighted by Gasteiger charge is -2.08. The van der Waals surface area contributed by atoms with Gasteiger partial charge in [-0.05, 0) is 54.7 Å². The fourth-order valence-electron chi connectivity index (χ4n) is 1.86. The first kappa shape index (κ1) is 20.2. The lowest BCUT2D eigenvalue weighted by atomic mass is 10.2. The Balaban J connectivity index is 2.17. The Bertz CT molecular complexity index is 592. The maximum atomic E-state index is 12.0. The molecule has 1 rings (SSSR count). The second-order valence-corrected chi connectivity index (χ2v) is 8.73. The Hall–Kier alpha value is -0.800. The van der Waals surface area contributed by atoms with E-state index in [-0.39, 0.29) is 10.6 Å². The van der Waals surface area contributed by atoms with Gasteiger partial charge in [0, 0.05) is 11.6 Å². The molecule has 6 nitrogen and oxygen atoms in total. The average Bonchev–Trinajstić information content (AvgIpc) is 2.46. The fourth-order valence-corrected chi connectivity index (χ4v) is 4.00. The lowest BCUT2D eigenvalue weighted by Crippen LogP contribution is -2.24. The molecular weight excluding hydrogens is 362 g/mol. The van der Waals surface area contributed by atoms with E-state index in [9.17, 15) is 17.8 Å². The Morgan fingerprint density at radius 2 is 1.78 bits per heavy atom. The third-order valence-corrected chi connectivity index (χ3v) is 6.04. The molecule has 0 aliphatic carbocycles. The summed E-state index contributed by atoms with van der Waals surface area (Å²) in [5.74, 6) is -1.01. The van der Waals surface area contributed by atoms with Gasteiger partial charge in [0.05, 0.1) is 4.90 Å². The quantitative estimate of drug-likeness (QED) is 0.450. The summed E-state index contributed by atoms with van der Waals surface area (Å²) in [6.07, 6.45) is 2.91. The van der Waals surface area contributed by atoms with Crippen LogP contribution in [0.3, 0.4) is 0 Å². The molecule has 0 aliphatic rings. The van der Waals surface area contributed by atoms with E-state index in [1.54, 1.807) is 0 Å². The zero-order valence-electron chi connectivity index (χ0n) is 12.5. The van der Waals surface area contributed by atoms with Crippen LogP contribution in [0, 0.1) is 0 Å². The predicted octanol–water partition coefficient (Wildman–Crippen LogP) is 2.01. The van der Waals surface area contributed by atoms with Crippen LogP contribution >= 0.6 is 11.6 Å². The largest absolute Gasteiger partial charge is 0.616 e. The van der Waals surface area contributed by atoms with Gasteiger partial charge in [0.1, 0.15) is 5.75 Å². The van der Waals surface area contributed by atoms with Crippen LogP contribution in [0.2, 0.25) is 5.02 Å². The van der Waals surface area contributed by atoms with Gasteiger partial charge in [-0.1, -0.05) is 18.0 Å². The number of unbranched alkanes of at least 4 members (excludes halogenated alkanes) is 3. The number of nitrogens with one attached hydrogen (secondary N) is 1. The van der Waals surface area contributed by atoms with E-state index < -0.39 is 27.2 Å². The topological polar surface area (TPSA) is 107 Å². The van der Waals surface area contributed by atoms with Gasteiger partial charge in [-0.3, -0.25) is 0 Å². The first-order chi connectivity index (χ1) is 10.8. The van der Waals surface area contributed by atoms with E-state index in [0.717, 1.165) is 12.8 Å². The Morgan fingerprint density at radius 1 is 1.17 bits per heavy atom. The van der Waals surface area contributed by atoms with Gasteiger partial charge >= 0.3 is 5.97 Å². The van der Waals surface area contributed by atoms with Gasteiger partial charge in [0.2, 0.25) is 15.8 Å². The summed E-state index contributed by atoms with van der Waals surface area (Å²) in [6, 6.07) is 5.94. The first-order valence-corrected chi connectivity index (χ1v) is 10.5. The molecule has 1 unspecified atom stereocenters. The Morgan fingerprint density at radius 3 is 2.39 bits per heavy atom. The van der Waals surface area contributed by atoms with Gasteiger partial charge < -0.3 is 9.66 Å². The van der Waals surface area contributed by atoms with Crippen molar-refractivity contribution in [1.29, 1.82) is 0 Å². The monoisotopic (exact) mass is 381 g/mol. The number of benzene rings is 1. The molecule has 0 amide bonds. The highest BCUT2D eigenvalue weighted by Crippen LogP contribution is 2.14. The van der Waals surface area contributed by atoms with Crippen molar-refractivity contribution in [2.75, 3.05) is 18.1 Å². The van der Waals surface area contributed by atoms with Crippen molar-refractivity contribution < 1.29 is 22.9 Å². The number of halogens is 1.